The smallest absolute Gasteiger partial charge is 0.397 e. The van der Waals surface area contributed by atoms with Gasteiger partial charge in [-0.3, -0.25) is 4.98 Å². The van der Waals surface area contributed by atoms with E-state index in [1.54, 1.807) is 36.0 Å². The summed E-state index contributed by atoms with van der Waals surface area (Å²) in [7, 11) is 1.71. The Morgan fingerprint density at radius 2 is 1.90 bits per heavy atom. The number of aryl methyl sites for hydroxylation is 1. The number of hydrogen-bond donors (Lipinski definition) is 1. The van der Waals surface area contributed by atoms with E-state index >= 15 is 0 Å². The highest BCUT2D eigenvalue weighted by molar-refractivity contribution is 5.98. The van der Waals surface area contributed by atoms with Crippen LogP contribution in [0.15, 0.2) is 42.7 Å². The molecule has 0 aliphatic heterocycles. The molecule has 0 saturated heterocycles. The highest BCUT2D eigenvalue weighted by atomic mass is 19.4. The SMILES string of the molecule is Cn1cc(-c2ccc(N)cn2)c2c(C(F)(F)F)cccc21. The summed E-state index contributed by atoms with van der Waals surface area (Å²) in [6.45, 7) is 0. The summed E-state index contributed by atoms with van der Waals surface area (Å²) in [6.07, 6.45) is -1.33. The van der Waals surface area contributed by atoms with Gasteiger partial charge in [0.2, 0.25) is 0 Å². The zero-order valence-corrected chi connectivity index (χ0v) is 11.1. The summed E-state index contributed by atoms with van der Waals surface area (Å²) >= 11 is 0. The van der Waals surface area contributed by atoms with Crippen LogP contribution in [0, 0.1) is 0 Å². The van der Waals surface area contributed by atoms with Gasteiger partial charge in [-0.1, -0.05) is 6.07 Å². The summed E-state index contributed by atoms with van der Waals surface area (Å²) in [5, 5.41) is 0.157. The number of halogens is 3. The van der Waals surface area contributed by atoms with Crippen LogP contribution >= 0.6 is 0 Å². The van der Waals surface area contributed by atoms with Crippen molar-refractivity contribution < 1.29 is 13.2 Å². The summed E-state index contributed by atoms with van der Waals surface area (Å²) in [4.78, 5) is 4.13. The van der Waals surface area contributed by atoms with E-state index < -0.39 is 11.7 Å². The lowest BCUT2D eigenvalue weighted by Gasteiger charge is -2.10. The molecule has 3 rings (SSSR count). The number of aromatic nitrogens is 2. The van der Waals surface area contributed by atoms with Gasteiger partial charge in [0.15, 0.2) is 0 Å². The van der Waals surface area contributed by atoms with Crippen LogP contribution in [-0.2, 0) is 13.2 Å². The number of nitrogen functional groups attached to an aromatic ring is 1. The minimum Gasteiger partial charge on any atom is -0.397 e. The third kappa shape index (κ3) is 2.22. The van der Waals surface area contributed by atoms with Crippen LogP contribution in [0.5, 0.6) is 0 Å². The molecule has 0 fully saturated rings. The summed E-state index contributed by atoms with van der Waals surface area (Å²) in [5.41, 5.74) is 6.81. The van der Waals surface area contributed by atoms with Crippen molar-refractivity contribution in [3.8, 4) is 11.3 Å². The van der Waals surface area contributed by atoms with Crippen molar-refractivity contribution in [2.75, 3.05) is 5.73 Å². The number of alkyl halides is 3. The van der Waals surface area contributed by atoms with Crippen molar-refractivity contribution >= 4 is 16.6 Å². The molecule has 0 unspecified atom stereocenters. The molecule has 3 aromatic rings. The highest BCUT2D eigenvalue weighted by Gasteiger charge is 2.34. The van der Waals surface area contributed by atoms with Crippen molar-refractivity contribution in [1.29, 1.82) is 0 Å². The molecule has 2 heterocycles. The van der Waals surface area contributed by atoms with Crippen LogP contribution in [0.2, 0.25) is 0 Å². The Morgan fingerprint density at radius 1 is 1.14 bits per heavy atom. The number of benzene rings is 1. The molecule has 0 aliphatic carbocycles. The lowest BCUT2D eigenvalue weighted by molar-refractivity contribution is -0.136. The molecule has 2 aromatic heterocycles. The molecule has 0 bridgehead atoms. The monoisotopic (exact) mass is 291 g/mol. The fraction of sp³-hybridized carbons (Fsp3) is 0.133. The van der Waals surface area contributed by atoms with E-state index in [9.17, 15) is 13.2 Å². The maximum absolute atomic E-state index is 13.2. The number of hydrogen-bond acceptors (Lipinski definition) is 2. The standard InChI is InChI=1S/C15H12F3N3/c1-21-8-10(12-6-5-9(19)7-20-12)14-11(15(16,17)18)3-2-4-13(14)21/h2-8H,19H2,1H3. The first-order valence-electron chi connectivity index (χ1n) is 6.25. The molecule has 108 valence electrons. The van der Waals surface area contributed by atoms with Gasteiger partial charge in [0.25, 0.3) is 0 Å². The largest absolute Gasteiger partial charge is 0.417 e. The topological polar surface area (TPSA) is 43.8 Å². The molecular formula is C15H12F3N3. The van der Waals surface area contributed by atoms with Crippen LogP contribution in [0.3, 0.4) is 0 Å². The fourth-order valence-corrected chi connectivity index (χ4v) is 2.44. The van der Waals surface area contributed by atoms with Gasteiger partial charge in [-0.15, -0.1) is 0 Å². The third-order valence-corrected chi connectivity index (χ3v) is 3.38. The van der Waals surface area contributed by atoms with Crippen LogP contribution in [-0.4, -0.2) is 9.55 Å². The maximum Gasteiger partial charge on any atom is 0.417 e. The first kappa shape index (κ1) is 13.5. The van der Waals surface area contributed by atoms with Crippen LogP contribution in [0.4, 0.5) is 18.9 Å². The van der Waals surface area contributed by atoms with Gasteiger partial charge in [0.1, 0.15) is 0 Å². The molecule has 0 spiro atoms. The van der Waals surface area contributed by atoms with Crippen LogP contribution < -0.4 is 5.73 Å². The van der Waals surface area contributed by atoms with Crippen LogP contribution in [0.25, 0.3) is 22.2 Å². The number of pyridine rings is 1. The summed E-state index contributed by atoms with van der Waals surface area (Å²) in [6, 6.07) is 7.40. The molecule has 2 N–H and O–H groups in total. The Labute approximate surface area is 118 Å². The van der Waals surface area contributed by atoms with Crippen molar-refractivity contribution in [1.82, 2.24) is 9.55 Å². The van der Waals surface area contributed by atoms with E-state index in [4.69, 9.17) is 5.73 Å². The van der Waals surface area contributed by atoms with Crippen LogP contribution in [0.1, 0.15) is 5.56 Å². The van der Waals surface area contributed by atoms with Crippen molar-refractivity contribution in [2.45, 2.75) is 6.18 Å². The molecule has 0 amide bonds. The van der Waals surface area contributed by atoms with Crippen molar-refractivity contribution in [3.05, 3.63) is 48.3 Å². The third-order valence-electron chi connectivity index (χ3n) is 3.38. The molecule has 0 atom stereocenters. The second-order valence-corrected chi connectivity index (χ2v) is 4.83. The summed E-state index contributed by atoms with van der Waals surface area (Å²) < 4.78 is 41.4. The molecule has 1 aromatic carbocycles. The quantitative estimate of drug-likeness (QED) is 0.740. The molecule has 0 aliphatic rings. The van der Waals surface area contributed by atoms with Gasteiger partial charge in [0, 0.05) is 29.7 Å². The summed E-state index contributed by atoms with van der Waals surface area (Å²) in [5.74, 6) is 0. The first-order chi connectivity index (χ1) is 9.88. The van der Waals surface area contributed by atoms with E-state index in [-0.39, 0.29) is 5.39 Å². The van der Waals surface area contributed by atoms with E-state index in [2.05, 4.69) is 4.98 Å². The second-order valence-electron chi connectivity index (χ2n) is 4.83. The zero-order valence-electron chi connectivity index (χ0n) is 11.1. The fourth-order valence-electron chi connectivity index (χ4n) is 2.44. The molecule has 0 radical (unpaired) electrons. The van der Waals surface area contributed by atoms with Gasteiger partial charge < -0.3 is 10.3 Å². The van der Waals surface area contributed by atoms with Gasteiger partial charge in [-0.2, -0.15) is 13.2 Å². The Balaban J connectivity index is 2.36. The predicted octanol–water partition coefficient (Wildman–Crippen LogP) is 3.84. The minimum absolute atomic E-state index is 0.157. The van der Waals surface area contributed by atoms with Gasteiger partial charge >= 0.3 is 6.18 Å². The number of rotatable bonds is 1. The Bertz CT molecular complexity index is 801. The molecule has 6 heteroatoms. The van der Waals surface area contributed by atoms with Crippen molar-refractivity contribution in [2.24, 2.45) is 7.05 Å². The lowest BCUT2D eigenvalue weighted by atomic mass is 10.0. The molecular weight excluding hydrogens is 279 g/mol. The molecule has 0 saturated carbocycles. The molecule has 3 nitrogen and oxygen atoms in total. The second kappa shape index (κ2) is 4.51. The Kier molecular flexibility index (Phi) is 2.90. The number of fused-ring (bicyclic) bond motifs is 1. The van der Waals surface area contributed by atoms with Crippen molar-refractivity contribution in [3.63, 3.8) is 0 Å². The predicted molar refractivity (Wildman–Crippen MR) is 75.6 cm³/mol. The Morgan fingerprint density at radius 3 is 2.52 bits per heavy atom. The van der Waals surface area contributed by atoms with E-state index in [0.717, 1.165) is 6.07 Å². The first-order valence-corrected chi connectivity index (χ1v) is 6.25. The maximum atomic E-state index is 13.2. The zero-order chi connectivity index (χ0) is 15.2. The minimum atomic E-state index is -4.41. The van der Waals surface area contributed by atoms with E-state index in [0.29, 0.717) is 22.5 Å². The molecule has 21 heavy (non-hydrogen) atoms. The average Bonchev–Trinajstić information content (AvgIpc) is 2.76. The van der Waals surface area contributed by atoms with Gasteiger partial charge in [-0.05, 0) is 24.3 Å². The highest BCUT2D eigenvalue weighted by Crippen LogP contribution is 2.39. The normalized spacial score (nSPS) is 12.0. The number of nitrogens with zero attached hydrogens (tertiary/aromatic N) is 2. The average molecular weight is 291 g/mol. The van der Waals surface area contributed by atoms with E-state index in [1.165, 1.54) is 12.3 Å². The van der Waals surface area contributed by atoms with Gasteiger partial charge in [-0.25, -0.2) is 0 Å². The number of anilines is 1. The lowest BCUT2D eigenvalue weighted by Crippen LogP contribution is -2.05. The number of nitrogens with two attached hydrogens (primary N) is 1. The Hall–Kier alpha value is -2.50. The van der Waals surface area contributed by atoms with Gasteiger partial charge in [0.05, 0.1) is 23.1 Å². The van der Waals surface area contributed by atoms with E-state index in [1.807, 2.05) is 0 Å².